The van der Waals surface area contributed by atoms with Crippen LogP contribution in [-0.4, -0.2) is 66.3 Å². The molecular formula is C28H34N4O3. The fourth-order valence-electron chi connectivity index (χ4n) is 5.56. The maximum absolute atomic E-state index is 13.5. The second kappa shape index (κ2) is 10.6. The second-order valence-electron chi connectivity index (χ2n) is 9.81. The molecular weight excluding hydrogens is 440 g/mol. The zero-order valence-electron chi connectivity index (χ0n) is 20.2. The van der Waals surface area contributed by atoms with E-state index in [-0.39, 0.29) is 17.7 Å². The summed E-state index contributed by atoms with van der Waals surface area (Å²) in [5.74, 6) is -0.213. The van der Waals surface area contributed by atoms with E-state index < -0.39 is 6.04 Å². The molecule has 0 aliphatic carbocycles. The molecule has 0 bridgehead atoms. The average Bonchev–Trinajstić information content (AvgIpc) is 3.37. The number of amides is 3. The summed E-state index contributed by atoms with van der Waals surface area (Å²) in [5, 5.41) is 3.04. The van der Waals surface area contributed by atoms with Gasteiger partial charge in [0.25, 0.3) is 11.8 Å². The molecule has 2 aromatic rings. The molecule has 2 fully saturated rings. The number of nitrogens with zero attached hydrogens (tertiary/aromatic N) is 3. The second-order valence-corrected chi connectivity index (χ2v) is 9.81. The van der Waals surface area contributed by atoms with Gasteiger partial charge in [-0.1, -0.05) is 30.7 Å². The Morgan fingerprint density at radius 2 is 1.77 bits per heavy atom. The Morgan fingerprint density at radius 1 is 0.943 bits per heavy atom. The molecule has 0 radical (unpaired) electrons. The maximum Gasteiger partial charge on any atom is 0.256 e. The van der Waals surface area contributed by atoms with Crippen molar-refractivity contribution < 1.29 is 14.4 Å². The molecule has 0 saturated carbocycles. The summed E-state index contributed by atoms with van der Waals surface area (Å²) < 4.78 is 0. The molecule has 35 heavy (non-hydrogen) atoms. The van der Waals surface area contributed by atoms with Crippen molar-refractivity contribution in [2.75, 3.05) is 37.6 Å². The molecule has 5 rings (SSSR count). The van der Waals surface area contributed by atoms with Crippen LogP contribution in [0.3, 0.4) is 0 Å². The van der Waals surface area contributed by atoms with Crippen LogP contribution in [0.5, 0.6) is 0 Å². The topological polar surface area (TPSA) is 73.0 Å². The number of para-hydroxylation sites is 1. The third kappa shape index (κ3) is 5.10. The number of hydrogen-bond donors (Lipinski definition) is 1. The SMILES string of the molecule is O=C(NCCCN1CCCCC1)c1cccc(CN2C(=O)C3CCCN3C(=O)c3ccccc32)c1. The molecule has 3 aliphatic rings. The van der Waals surface area contributed by atoms with Crippen LogP contribution in [0, 0.1) is 0 Å². The van der Waals surface area contributed by atoms with E-state index in [0.717, 1.165) is 24.9 Å². The van der Waals surface area contributed by atoms with Crippen molar-refractivity contribution in [3.63, 3.8) is 0 Å². The largest absolute Gasteiger partial charge is 0.352 e. The summed E-state index contributed by atoms with van der Waals surface area (Å²) in [7, 11) is 0. The van der Waals surface area contributed by atoms with Gasteiger partial charge in [-0.05, 0) is 81.6 Å². The van der Waals surface area contributed by atoms with Gasteiger partial charge in [-0.15, -0.1) is 0 Å². The van der Waals surface area contributed by atoms with Gasteiger partial charge < -0.3 is 20.0 Å². The van der Waals surface area contributed by atoms with Crippen LogP contribution in [0.25, 0.3) is 0 Å². The van der Waals surface area contributed by atoms with Crippen molar-refractivity contribution in [3.05, 3.63) is 65.2 Å². The number of piperidine rings is 1. The Kier molecular flexibility index (Phi) is 7.13. The molecule has 3 amide bonds. The molecule has 2 aromatic carbocycles. The van der Waals surface area contributed by atoms with Crippen molar-refractivity contribution in [3.8, 4) is 0 Å². The van der Waals surface area contributed by atoms with Gasteiger partial charge in [-0.25, -0.2) is 0 Å². The first-order valence-electron chi connectivity index (χ1n) is 12.9. The van der Waals surface area contributed by atoms with Crippen LogP contribution in [0.2, 0.25) is 0 Å². The summed E-state index contributed by atoms with van der Waals surface area (Å²) in [6, 6.07) is 14.4. The normalized spacial score (nSPS) is 20.4. The molecule has 184 valence electrons. The van der Waals surface area contributed by atoms with E-state index in [0.29, 0.717) is 42.9 Å². The van der Waals surface area contributed by atoms with Crippen molar-refractivity contribution in [1.82, 2.24) is 15.1 Å². The number of nitrogens with one attached hydrogen (secondary N) is 1. The molecule has 3 aliphatic heterocycles. The van der Waals surface area contributed by atoms with Crippen LogP contribution in [-0.2, 0) is 11.3 Å². The first-order valence-corrected chi connectivity index (χ1v) is 12.9. The lowest BCUT2D eigenvalue weighted by Gasteiger charge is -2.26. The van der Waals surface area contributed by atoms with Gasteiger partial charge in [-0.2, -0.15) is 0 Å². The fourth-order valence-corrected chi connectivity index (χ4v) is 5.56. The fraction of sp³-hybridized carbons (Fsp3) is 0.464. The Morgan fingerprint density at radius 3 is 2.63 bits per heavy atom. The quantitative estimate of drug-likeness (QED) is 0.624. The van der Waals surface area contributed by atoms with Gasteiger partial charge >= 0.3 is 0 Å². The molecule has 7 nitrogen and oxygen atoms in total. The highest BCUT2D eigenvalue weighted by molar-refractivity contribution is 6.11. The van der Waals surface area contributed by atoms with E-state index >= 15 is 0 Å². The molecule has 1 unspecified atom stereocenters. The minimum atomic E-state index is -0.415. The van der Waals surface area contributed by atoms with Gasteiger partial charge in [0.15, 0.2) is 0 Å². The van der Waals surface area contributed by atoms with Crippen molar-refractivity contribution in [1.29, 1.82) is 0 Å². The highest BCUT2D eigenvalue weighted by Crippen LogP contribution is 2.33. The van der Waals surface area contributed by atoms with E-state index in [1.54, 1.807) is 15.9 Å². The minimum absolute atomic E-state index is 0.0478. The summed E-state index contributed by atoms with van der Waals surface area (Å²) in [4.78, 5) is 45.3. The minimum Gasteiger partial charge on any atom is -0.352 e. The molecule has 1 N–H and O–H groups in total. The first kappa shape index (κ1) is 23.5. The van der Waals surface area contributed by atoms with E-state index in [2.05, 4.69) is 10.2 Å². The Balaban J connectivity index is 1.27. The lowest BCUT2D eigenvalue weighted by Crippen LogP contribution is -2.44. The monoisotopic (exact) mass is 474 g/mol. The number of anilines is 1. The number of carbonyl (C=O) groups excluding carboxylic acids is 3. The Hall–Kier alpha value is -3.19. The van der Waals surface area contributed by atoms with E-state index in [1.807, 2.05) is 42.5 Å². The molecule has 0 spiro atoms. The number of carbonyl (C=O) groups is 3. The third-order valence-corrected chi connectivity index (χ3v) is 7.41. The first-order chi connectivity index (χ1) is 17.1. The predicted molar refractivity (Wildman–Crippen MR) is 135 cm³/mol. The molecule has 1 atom stereocenters. The highest BCUT2D eigenvalue weighted by atomic mass is 16.2. The summed E-state index contributed by atoms with van der Waals surface area (Å²) in [6.07, 6.45) is 6.34. The van der Waals surface area contributed by atoms with Gasteiger partial charge in [0.05, 0.1) is 17.8 Å². The summed E-state index contributed by atoms with van der Waals surface area (Å²) in [6.45, 7) is 4.94. The zero-order valence-corrected chi connectivity index (χ0v) is 20.2. The Bertz CT molecular complexity index is 1100. The van der Waals surface area contributed by atoms with E-state index in [9.17, 15) is 14.4 Å². The zero-order chi connectivity index (χ0) is 24.2. The highest BCUT2D eigenvalue weighted by Gasteiger charge is 2.41. The summed E-state index contributed by atoms with van der Waals surface area (Å²) in [5.41, 5.74) is 2.67. The maximum atomic E-state index is 13.5. The number of benzene rings is 2. The van der Waals surface area contributed by atoms with Crippen LogP contribution in [0.4, 0.5) is 5.69 Å². The molecule has 3 heterocycles. The smallest absolute Gasteiger partial charge is 0.256 e. The number of rotatable bonds is 7. The van der Waals surface area contributed by atoms with Crippen LogP contribution in [0.1, 0.15) is 64.8 Å². The number of hydrogen-bond acceptors (Lipinski definition) is 4. The van der Waals surface area contributed by atoms with Crippen molar-refractivity contribution in [2.45, 2.75) is 51.1 Å². The Labute approximate surface area is 207 Å². The van der Waals surface area contributed by atoms with Gasteiger partial charge in [-0.3, -0.25) is 14.4 Å². The van der Waals surface area contributed by atoms with E-state index in [4.69, 9.17) is 0 Å². The molecule has 7 heteroatoms. The van der Waals surface area contributed by atoms with Gasteiger partial charge in [0.1, 0.15) is 6.04 Å². The molecule has 2 saturated heterocycles. The van der Waals surface area contributed by atoms with E-state index in [1.165, 1.54) is 32.4 Å². The predicted octanol–water partition coefficient (Wildman–Crippen LogP) is 3.44. The number of fused-ring (bicyclic) bond motifs is 2. The van der Waals surface area contributed by atoms with Crippen LogP contribution >= 0.6 is 0 Å². The average molecular weight is 475 g/mol. The standard InChI is InChI=1S/C28H34N4O3/c33-26(29-14-8-17-30-15-4-1-5-16-30)22-10-6-9-21(19-22)20-32-24-12-3-2-11-23(24)27(34)31-18-7-13-25(31)28(32)35/h2-3,6,9-12,19,25H,1,4-5,7-8,13-18,20H2,(H,29,33). The lowest BCUT2D eigenvalue weighted by atomic mass is 10.1. The molecule has 0 aromatic heterocycles. The lowest BCUT2D eigenvalue weighted by molar-refractivity contribution is -0.122. The summed E-state index contributed by atoms with van der Waals surface area (Å²) >= 11 is 0. The third-order valence-electron chi connectivity index (χ3n) is 7.41. The van der Waals surface area contributed by atoms with Crippen molar-refractivity contribution >= 4 is 23.4 Å². The number of likely N-dealkylation sites (tertiary alicyclic amines) is 1. The van der Waals surface area contributed by atoms with Gasteiger partial charge in [0, 0.05) is 18.7 Å². The van der Waals surface area contributed by atoms with Crippen LogP contribution < -0.4 is 10.2 Å². The van der Waals surface area contributed by atoms with Gasteiger partial charge in [0.2, 0.25) is 5.91 Å². The van der Waals surface area contributed by atoms with Crippen LogP contribution in [0.15, 0.2) is 48.5 Å². The van der Waals surface area contributed by atoms with Crippen molar-refractivity contribution in [2.24, 2.45) is 0 Å².